The number of fused-ring (bicyclic) bond motifs is 2. The second-order valence-electron chi connectivity index (χ2n) is 32.7. The standard InChI is InChI=1S/C80H106O4P2/c1-72(2,3)59-42-52(43-60(68(59)81-25)73(4,5)6)85(53-44-61(74(7,8)9)69(82-26)62(45-53)75(10,11)12)80(41-40-51-35-30-32-38-57(51)67(80)58-39-33-36-50-34-29-31-37-56(50)58)86(54-46-63(76(13,14)15)70(83-27)64(47-54)77(16,17)18)55-48-65(78(19,20)21)71(84-28)66(49-55)79(22,23)24/h29-40,42-49H,41H2,1-28H3. The predicted octanol–water partition coefficient (Wildman–Crippen LogP) is 18.6. The van der Waals surface area contributed by atoms with Gasteiger partial charge in [0.05, 0.1) is 33.3 Å². The molecule has 460 valence electrons. The molecule has 0 aromatic heterocycles. The Hall–Kier alpha value is -5.40. The van der Waals surface area contributed by atoms with Crippen molar-refractivity contribution in [2.24, 2.45) is 0 Å². The van der Waals surface area contributed by atoms with Gasteiger partial charge in [-0.1, -0.05) is 239 Å². The highest BCUT2D eigenvalue weighted by Crippen LogP contribution is 2.73. The molecule has 0 aliphatic heterocycles. The lowest BCUT2D eigenvalue weighted by Gasteiger charge is -2.52. The summed E-state index contributed by atoms with van der Waals surface area (Å²) in [6, 6.07) is 46.4. The van der Waals surface area contributed by atoms with E-state index in [-0.39, 0.29) is 43.3 Å². The lowest BCUT2D eigenvalue weighted by molar-refractivity contribution is 0.381. The molecule has 7 aromatic carbocycles. The molecule has 0 saturated heterocycles. The van der Waals surface area contributed by atoms with Crippen LogP contribution in [0.15, 0.2) is 115 Å². The molecule has 0 N–H and O–H groups in total. The van der Waals surface area contributed by atoms with Crippen molar-refractivity contribution in [1.82, 2.24) is 0 Å². The second-order valence-corrected chi connectivity index (χ2v) is 38.0. The van der Waals surface area contributed by atoms with E-state index in [2.05, 4.69) is 288 Å². The lowest BCUT2D eigenvalue weighted by atomic mass is 9.79. The van der Waals surface area contributed by atoms with Crippen LogP contribution in [-0.2, 0) is 43.3 Å². The molecule has 0 heterocycles. The van der Waals surface area contributed by atoms with Gasteiger partial charge in [0.1, 0.15) is 23.0 Å². The molecule has 8 rings (SSSR count). The number of benzene rings is 7. The van der Waals surface area contributed by atoms with Crippen LogP contribution in [0.2, 0.25) is 0 Å². The zero-order valence-electron chi connectivity index (χ0n) is 58.3. The molecule has 4 nitrogen and oxygen atoms in total. The average molecular weight is 1190 g/mol. The van der Waals surface area contributed by atoms with Crippen LogP contribution in [0.3, 0.4) is 0 Å². The summed E-state index contributed by atoms with van der Waals surface area (Å²) in [6.45, 7) is 56.8. The molecule has 0 saturated carbocycles. The van der Waals surface area contributed by atoms with E-state index in [9.17, 15) is 0 Å². The Bertz CT molecular complexity index is 3330. The molecule has 0 fully saturated rings. The largest absolute Gasteiger partial charge is 0.496 e. The molecule has 0 bridgehead atoms. The Kier molecular flexibility index (Phi) is 18.0. The van der Waals surface area contributed by atoms with E-state index in [4.69, 9.17) is 18.9 Å². The third-order valence-electron chi connectivity index (χ3n) is 17.6. The van der Waals surface area contributed by atoms with Gasteiger partial charge < -0.3 is 18.9 Å². The maximum Gasteiger partial charge on any atom is 0.126 e. The van der Waals surface area contributed by atoms with E-state index in [0.29, 0.717) is 0 Å². The van der Waals surface area contributed by atoms with E-state index in [1.807, 2.05) is 28.4 Å². The Morgan fingerprint density at radius 2 is 0.593 bits per heavy atom. The molecule has 6 heteroatoms. The van der Waals surface area contributed by atoms with Crippen LogP contribution >= 0.6 is 15.8 Å². The lowest BCUT2D eigenvalue weighted by Crippen LogP contribution is -2.48. The highest BCUT2D eigenvalue weighted by atomic mass is 31.2. The summed E-state index contributed by atoms with van der Waals surface area (Å²) >= 11 is 0. The van der Waals surface area contributed by atoms with Gasteiger partial charge in [-0.3, -0.25) is 0 Å². The van der Waals surface area contributed by atoms with Crippen molar-refractivity contribution in [3.05, 3.63) is 176 Å². The first-order chi connectivity index (χ1) is 39.5. The SMILES string of the molecule is COc1c(C(C)(C)C)cc(P(c2cc(C(C)(C)C)c(OC)c(C(C)(C)C)c2)C2(P(c3cc(C(C)(C)C)c(OC)c(C(C)(C)C)c3)c3cc(C(C)(C)C)c(OC)c(C(C)(C)C)c3)CC=c3ccccc3=C2c2cccc3ccccc23)cc1C(C)(C)C. The van der Waals surface area contributed by atoms with Crippen LogP contribution < -0.4 is 50.6 Å². The first-order valence-electron chi connectivity index (χ1n) is 31.4. The zero-order valence-corrected chi connectivity index (χ0v) is 60.1. The Morgan fingerprint density at radius 1 is 0.326 bits per heavy atom. The minimum absolute atomic E-state index is 0.292. The zero-order chi connectivity index (χ0) is 64.0. The predicted molar refractivity (Wildman–Crippen MR) is 378 cm³/mol. The van der Waals surface area contributed by atoms with Crippen LogP contribution in [0.1, 0.15) is 223 Å². The van der Waals surface area contributed by atoms with Gasteiger partial charge in [-0.05, 0) is 168 Å². The smallest absolute Gasteiger partial charge is 0.126 e. The van der Waals surface area contributed by atoms with E-state index in [1.165, 1.54) is 98.1 Å². The number of ether oxygens (including phenoxy) is 4. The Labute approximate surface area is 523 Å². The maximum atomic E-state index is 6.75. The van der Waals surface area contributed by atoms with Crippen molar-refractivity contribution in [3.63, 3.8) is 0 Å². The monoisotopic (exact) mass is 1190 g/mol. The topological polar surface area (TPSA) is 36.9 Å². The van der Waals surface area contributed by atoms with Crippen LogP contribution in [0.25, 0.3) is 22.4 Å². The molecule has 0 amide bonds. The minimum Gasteiger partial charge on any atom is -0.496 e. The molecule has 86 heavy (non-hydrogen) atoms. The van der Waals surface area contributed by atoms with Crippen molar-refractivity contribution < 1.29 is 18.9 Å². The van der Waals surface area contributed by atoms with Crippen molar-refractivity contribution in [1.29, 1.82) is 0 Å². The highest BCUT2D eigenvalue weighted by Gasteiger charge is 2.54. The first kappa shape index (κ1) is 66.6. The van der Waals surface area contributed by atoms with Crippen LogP contribution in [0.4, 0.5) is 0 Å². The van der Waals surface area contributed by atoms with Gasteiger partial charge in [-0.2, -0.15) is 0 Å². The maximum absolute atomic E-state index is 6.75. The first-order valence-corrected chi connectivity index (χ1v) is 34.0. The van der Waals surface area contributed by atoms with Crippen LogP contribution in [0, 0.1) is 0 Å². The minimum atomic E-state index is -1.56. The van der Waals surface area contributed by atoms with E-state index >= 15 is 0 Å². The Balaban J connectivity index is 1.88. The Morgan fingerprint density at radius 3 is 0.884 bits per heavy atom. The molecule has 0 unspecified atom stereocenters. The summed E-state index contributed by atoms with van der Waals surface area (Å²) in [5.74, 6) is 3.88. The molecule has 0 radical (unpaired) electrons. The normalized spacial score (nSPS) is 14.6. The number of hydrogen-bond acceptors (Lipinski definition) is 4. The molecule has 0 spiro atoms. The van der Waals surface area contributed by atoms with Gasteiger partial charge in [-0.25, -0.2) is 0 Å². The molecular weight excluding hydrogens is 1090 g/mol. The summed E-state index contributed by atoms with van der Waals surface area (Å²) in [5, 5.41) is 10.3. The summed E-state index contributed by atoms with van der Waals surface area (Å²) in [5.41, 5.74) is 10.0. The third-order valence-corrected chi connectivity index (χ3v) is 24.2. The summed E-state index contributed by atoms with van der Waals surface area (Å²) in [7, 11) is 4.40. The van der Waals surface area contributed by atoms with E-state index < -0.39 is 20.7 Å². The average Bonchev–Trinajstić information content (AvgIpc) is 0.693. The van der Waals surface area contributed by atoms with Crippen molar-refractivity contribution in [3.8, 4) is 23.0 Å². The van der Waals surface area contributed by atoms with Gasteiger partial charge >= 0.3 is 0 Å². The van der Waals surface area contributed by atoms with Gasteiger partial charge in [0.2, 0.25) is 0 Å². The van der Waals surface area contributed by atoms with Crippen LogP contribution in [0.5, 0.6) is 23.0 Å². The number of methoxy groups -OCH3 is 4. The summed E-state index contributed by atoms with van der Waals surface area (Å²) in [6.07, 6.45) is 3.39. The van der Waals surface area contributed by atoms with Crippen molar-refractivity contribution >= 4 is 59.5 Å². The summed E-state index contributed by atoms with van der Waals surface area (Å²) in [4.78, 5) is -0.723. The van der Waals surface area contributed by atoms with Crippen LogP contribution in [-0.4, -0.2) is 33.3 Å². The van der Waals surface area contributed by atoms with Gasteiger partial charge in [0.25, 0.3) is 0 Å². The fourth-order valence-corrected chi connectivity index (χ4v) is 21.3. The second kappa shape index (κ2) is 23.2. The molecule has 1 aliphatic carbocycles. The number of hydrogen-bond donors (Lipinski definition) is 0. The fraction of sp³-hybridized carbons (Fsp3) is 0.475. The molecule has 7 aromatic rings. The van der Waals surface area contributed by atoms with Gasteiger partial charge in [0.15, 0.2) is 0 Å². The molecular formula is C80H106O4P2. The van der Waals surface area contributed by atoms with Crippen molar-refractivity contribution in [2.75, 3.05) is 28.4 Å². The fourth-order valence-electron chi connectivity index (χ4n) is 13.2. The molecule has 0 atom stereocenters. The number of rotatable bonds is 11. The van der Waals surface area contributed by atoms with Gasteiger partial charge in [0, 0.05) is 44.5 Å². The highest BCUT2D eigenvalue weighted by molar-refractivity contribution is 7.91. The quantitative estimate of drug-likeness (QED) is 0.121. The third kappa shape index (κ3) is 12.5. The van der Waals surface area contributed by atoms with E-state index in [1.54, 1.807) is 0 Å². The van der Waals surface area contributed by atoms with Crippen molar-refractivity contribution in [2.45, 2.75) is 221 Å². The van der Waals surface area contributed by atoms with E-state index in [0.717, 1.165) is 29.4 Å². The summed E-state index contributed by atoms with van der Waals surface area (Å²) < 4.78 is 27.0. The van der Waals surface area contributed by atoms with Gasteiger partial charge in [-0.15, -0.1) is 0 Å². The molecule has 1 aliphatic rings.